The maximum absolute atomic E-state index is 12.4. The van der Waals surface area contributed by atoms with Gasteiger partial charge in [0.1, 0.15) is 11.7 Å². The summed E-state index contributed by atoms with van der Waals surface area (Å²) >= 11 is 0. The number of rotatable bonds is 7. The van der Waals surface area contributed by atoms with Crippen molar-refractivity contribution in [1.29, 1.82) is 0 Å². The van der Waals surface area contributed by atoms with Gasteiger partial charge in [0.15, 0.2) is 0 Å². The number of hydrogen-bond acceptors (Lipinski definition) is 5. The number of nitrogens with zero attached hydrogens (tertiary/aromatic N) is 2. The summed E-state index contributed by atoms with van der Waals surface area (Å²) in [7, 11) is 0. The van der Waals surface area contributed by atoms with E-state index in [-0.39, 0.29) is 5.69 Å². The van der Waals surface area contributed by atoms with E-state index < -0.39 is 24.0 Å². The van der Waals surface area contributed by atoms with Gasteiger partial charge in [-0.15, -0.1) is 0 Å². The highest BCUT2D eigenvalue weighted by atomic mass is 16.3. The lowest BCUT2D eigenvalue weighted by atomic mass is 10.1. The molecule has 1 aromatic heterocycles. The molecule has 0 aliphatic heterocycles. The van der Waals surface area contributed by atoms with Gasteiger partial charge in [-0.25, -0.2) is 4.98 Å². The van der Waals surface area contributed by atoms with Crippen LogP contribution in [0.3, 0.4) is 0 Å². The number of amides is 2. The number of fused-ring (bicyclic) bond motifs is 1. The number of aromatic nitrogens is 2. The van der Waals surface area contributed by atoms with E-state index in [2.05, 4.69) is 34.4 Å². The molecule has 7 heteroatoms. The van der Waals surface area contributed by atoms with E-state index in [0.717, 1.165) is 6.42 Å². The molecule has 0 radical (unpaired) electrons. The number of hydrogen-bond donors (Lipinski definition) is 3. The van der Waals surface area contributed by atoms with Gasteiger partial charge in [0, 0.05) is 6.54 Å². The summed E-state index contributed by atoms with van der Waals surface area (Å²) in [6.45, 7) is 6.06. The first-order valence-corrected chi connectivity index (χ1v) is 8.37. The number of benzene rings is 1. The zero-order valence-electron chi connectivity index (χ0n) is 14.7. The molecule has 7 nitrogen and oxygen atoms in total. The minimum atomic E-state index is -1.05. The van der Waals surface area contributed by atoms with Crippen molar-refractivity contribution in [3.63, 3.8) is 0 Å². The highest BCUT2D eigenvalue weighted by Crippen LogP contribution is 2.09. The van der Waals surface area contributed by atoms with Gasteiger partial charge in [0.2, 0.25) is 5.91 Å². The molecular formula is C18H24N4O3. The van der Waals surface area contributed by atoms with E-state index in [9.17, 15) is 14.7 Å². The molecule has 3 N–H and O–H groups in total. The molecule has 1 heterocycles. The van der Waals surface area contributed by atoms with Crippen LogP contribution in [0.2, 0.25) is 0 Å². The van der Waals surface area contributed by atoms with Gasteiger partial charge in [-0.3, -0.25) is 14.6 Å². The number of aliphatic hydroxyl groups excluding tert-OH is 1. The molecule has 0 aliphatic rings. The molecule has 2 aromatic rings. The van der Waals surface area contributed by atoms with Gasteiger partial charge in [-0.05, 0) is 31.4 Å². The summed E-state index contributed by atoms with van der Waals surface area (Å²) in [6, 6.07) is 6.14. The van der Waals surface area contributed by atoms with Crippen LogP contribution in [0.1, 0.15) is 37.7 Å². The zero-order valence-corrected chi connectivity index (χ0v) is 14.7. The minimum absolute atomic E-state index is 0.0966. The van der Waals surface area contributed by atoms with Crippen LogP contribution in [0.15, 0.2) is 30.5 Å². The molecule has 0 spiro atoms. The minimum Gasteiger partial charge on any atom is -0.391 e. The monoisotopic (exact) mass is 344 g/mol. The lowest BCUT2D eigenvalue weighted by Crippen LogP contribution is -2.52. The second kappa shape index (κ2) is 8.53. The van der Waals surface area contributed by atoms with Gasteiger partial charge in [-0.1, -0.05) is 26.0 Å². The predicted octanol–water partition coefficient (Wildman–Crippen LogP) is 1.27. The van der Waals surface area contributed by atoms with Crippen LogP contribution in [-0.2, 0) is 4.79 Å². The third-order valence-electron chi connectivity index (χ3n) is 3.75. The summed E-state index contributed by atoms with van der Waals surface area (Å²) in [5.74, 6) is -0.520. The molecule has 2 rings (SSSR count). The Bertz CT molecular complexity index is 746. The Balaban J connectivity index is 2.06. The largest absolute Gasteiger partial charge is 0.391 e. The van der Waals surface area contributed by atoms with Crippen LogP contribution in [0.25, 0.3) is 11.0 Å². The average molecular weight is 344 g/mol. The molecule has 2 amide bonds. The number of carbonyl (C=O) groups excluding carboxylic acids is 2. The average Bonchev–Trinajstić information content (AvgIpc) is 2.58. The van der Waals surface area contributed by atoms with E-state index >= 15 is 0 Å². The van der Waals surface area contributed by atoms with Crippen LogP contribution in [-0.4, -0.2) is 45.6 Å². The molecule has 0 aliphatic carbocycles. The van der Waals surface area contributed by atoms with E-state index in [1.165, 1.54) is 13.1 Å². The van der Waals surface area contributed by atoms with Crippen molar-refractivity contribution in [2.45, 2.75) is 39.3 Å². The summed E-state index contributed by atoms with van der Waals surface area (Å²) in [6.07, 6.45) is 1.15. The van der Waals surface area contributed by atoms with Crippen molar-refractivity contribution in [1.82, 2.24) is 20.6 Å². The van der Waals surface area contributed by atoms with Crippen molar-refractivity contribution in [2.75, 3.05) is 6.54 Å². The molecule has 134 valence electrons. The molecule has 0 saturated heterocycles. The molecular weight excluding hydrogens is 320 g/mol. The van der Waals surface area contributed by atoms with Crippen LogP contribution in [0, 0.1) is 5.92 Å². The second-order valence-electron chi connectivity index (χ2n) is 6.41. The Morgan fingerprint density at radius 1 is 1.16 bits per heavy atom. The standard InChI is InChI=1S/C18H24N4O3/c1-11(2)8-9-19-18(25)16(12(3)23)22-17(24)15-10-20-13-6-4-5-7-14(13)21-15/h4-7,10-12,16,23H,8-9H2,1-3H3,(H,19,25)(H,22,24)/t12-,16+/m1/s1. The maximum atomic E-state index is 12.4. The van der Waals surface area contributed by atoms with Crippen LogP contribution >= 0.6 is 0 Å². The normalized spacial score (nSPS) is 13.5. The van der Waals surface area contributed by atoms with Gasteiger partial charge in [0.05, 0.1) is 23.3 Å². The Hall–Kier alpha value is -2.54. The number of carbonyl (C=O) groups is 2. The molecule has 1 aromatic carbocycles. The fourth-order valence-electron chi connectivity index (χ4n) is 2.28. The van der Waals surface area contributed by atoms with Gasteiger partial charge < -0.3 is 15.7 Å². The predicted molar refractivity (Wildman–Crippen MR) is 94.9 cm³/mol. The third kappa shape index (κ3) is 5.22. The highest BCUT2D eigenvalue weighted by Gasteiger charge is 2.26. The molecule has 0 unspecified atom stereocenters. The summed E-state index contributed by atoms with van der Waals surface area (Å²) in [4.78, 5) is 33.0. The van der Waals surface area contributed by atoms with Crippen molar-refractivity contribution in [3.8, 4) is 0 Å². The van der Waals surface area contributed by atoms with Crippen molar-refractivity contribution in [3.05, 3.63) is 36.2 Å². The van der Waals surface area contributed by atoms with E-state index in [4.69, 9.17) is 0 Å². The Labute approximate surface area is 146 Å². The Kier molecular flexibility index (Phi) is 6.41. The smallest absolute Gasteiger partial charge is 0.272 e. The first kappa shape index (κ1) is 18.8. The quantitative estimate of drug-likeness (QED) is 0.702. The molecule has 0 fully saturated rings. The van der Waals surface area contributed by atoms with E-state index in [0.29, 0.717) is 23.5 Å². The maximum Gasteiger partial charge on any atom is 0.272 e. The second-order valence-corrected chi connectivity index (χ2v) is 6.41. The molecule has 0 bridgehead atoms. The highest BCUT2D eigenvalue weighted by molar-refractivity contribution is 5.97. The van der Waals surface area contributed by atoms with Crippen LogP contribution in [0.5, 0.6) is 0 Å². The first-order chi connectivity index (χ1) is 11.9. The zero-order chi connectivity index (χ0) is 18.4. The van der Waals surface area contributed by atoms with Crippen LogP contribution < -0.4 is 10.6 Å². The topological polar surface area (TPSA) is 104 Å². The molecule has 2 atom stereocenters. The van der Waals surface area contributed by atoms with Crippen molar-refractivity contribution in [2.24, 2.45) is 5.92 Å². The van der Waals surface area contributed by atoms with Crippen molar-refractivity contribution >= 4 is 22.8 Å². The van der Waals surface area contributed by atoms with Crippen molar-refractivity contribution < 1.29 is 14.7 Å². The van der Waals surface area contributed by atoms with Gasteiger partial charge in [-0.2, -0.15) is 0 Å². The number of aliphatic hydroxyl groups is 1. The van der Waals surface area contributed by atoms with E-state index in [1.807, 2.05) is 6.07 Å². The lowest BCUT2D eigenvalue weighted by molar-refractivity contribution is -0.125. The number of nitrogens with one attached hydrogen (secondary N) is 2. The summed E-state index contributed by atoms with van der Waals surface area (Å²) in [5, 5.41) is 15.1. The van der Waals surface area contributed by atoms with Crippen LogP contribution in [0.4, 0.5) is 0 Å². The first-order valence-electron chi connectivity index (χ1n) is 8.37. The lowest BCUT2D eigenvalue weighted by Gasteiger charge is -2.21. The van der Waals surface area contributed by atoms with Gasteiger partial charge >= 0.3 is 0 Å². The molecule has 25 heavy (non-hydrogen) atoms. The SMILES string of the molecule is CC(C)CCNC(=O)[C@@H](NC(=O)c1cnc2ccccc2n1)[C@@H](C)O. The molecule has 0 saturated carbocycles. The number of para-hydroxylation sites is 2. The Morgan fingerprint density at radius 3 is 2.48 bits per heavy atom. The Morgan fingerprint density at radius 2 is 1.84 bits per heavy atom. The fraction of sp³-hybridized carbons (Fsp3) is 0.444. The summed E-state index contributed by atoms with van der Waals surface area (Å²) in [5.41, 5.74) is 1.36. The fourth-order valence-corrected chi connectivity index (χ4v) is 2.28. The van der Waals surface area contributed by atoms with E-state index in [1.54, 1.807) is 18.2 Å². The van der Waals surface area contributed by atoms with Gasteiger partial charge in [0.25, 0.3) is 5.91 Å². The summed E-state index contributed by atoms with van der Waals surface area (Å²) < 4.78 is 0. The third-order valence-corrected chi connectivity index (χ3v) is 3.75.